The molecule has 0 fully saturated rings. The Labute approximate surface area is 99.3 Å². The lowest BCUT2D eigenvalue weighted by Crippen LogP contribution is -2.13. The minimum absolute atomic E-state index is 0.752. The van der Waals surface area contributed by atoms with Crippen molar-refractivity contribution in [1.29, 1.82) is 0 Å². The number of rotatable bonds is 6. The van der Waals surface area contributed by atoms with E-state index in [4.69, 9.17) is 0 Å². The Morgan fingerprint density at radius 2 is 2.44 bits per heavy atom. The van der Waals surface area contributed by atoms with Gasteiger partial charge in [0.15, 0.2) is 5.82 Å². The second-order valence-corrected chi connectivity index (χ2v) is 4.37. The molecule has 5 heteroatoms. The fourth-order valence-electron chi connectivity index (χ4n) is 1.44. The first-order valence-corrected chi connectivity index (χ1v) is 6.43. The maximum absolute atomic E-state index is 4.39. The molecule has 0 unspecified atom stereocenters. The summed E-state index contributed by atoms with van der Waals surface area (Å²) in [5, 5.41) is 11.9. The van der Waals surface area contributed by atoms with Crippen molar-refractivity contribution in [1.82, 2.24) is 20.1 Å². The SMILES string of the molecule is CCNCc1ncn(CCc2ccsc2)n1. The molecule has 0 spiro atoms. The van der Waals surface area contributed by atoms with Crippen molar-refractivity contribution in [2.24, 2.45) is 0 Å². The fourth-order valence-corrected chi connectivity index (χ4v) is 2.14. The van der Waals surface area contributed by atoms with Gasteiger partial charge in [0.05, 0.1) is 6.54 Å². The van der Waals surface area contributed by atoms with E-state index >= 15 is 0 Å². The Balaban J connectivity index is 1.83. The molecule has 0 amide bonds. The lowest BCUT2D eigenvalue weighted by molar-refractivity contribution is 0.595. The van der Waals surface area contributed by atoms with E-state index in [2.05, 4.69) is 39.1 Å². The van der Waals surface area contributed by atoms with Crippen LogP contribution in [0.5, 0.6) is 0 Å². The van der Waals surface area contributed by atoms with Crippen LogP contribution < -0.4 is 5.32 Å². The van der Waals surface area contributed by atoms with E-state index < -0.39 is 0 Å². The first kappa shape index (κ1) is 11.3. The van der Waals surface area contributed by atoms with Gasteiger partial charge in [-0.15, -0.1) is 0 Å². The van der Waals surface area contributed by atoms with E-state index in [0.717, 1.165) is 31.9 Å². The quantitative estimate of drug-likeness (QED) is 0.830. The summed E-state index contributed by atoms with van der Waals surface area (Å²) in [7, 11) is 0. The number of aryl methyl sites for hydroxylation is 2. The highest BCUT2D eigenvalue weighted by atomic mass is 32.1. The molecule has 0 radical (unpaired) electrons. The van der Waals surface area contributed by atoms with Gasteiger partial charge in [0.1, 0.15) is 6.33 Å². The van der Waals surface area contributed by atoms with Crippen molar-refractivity contribution in [3.05, 3.63) is 34.5 Å². The molecule has 16 heavy (non-hydrogen) atoms. The van der Waals surface area contributed by atoms with Gasteiger partial charge in [0.2, 0.25) is 0 Å². The average Bonchev–Trinajstić information content (AvgIpc) is 2.95. The van der Waals surface area contributed by atoms with Gasteiger partial charge in [0, 0.05) is 6.54 Å². The second-order valence-electron chi connectivity index (χ2n) is 3.59. The molecule has 0 aromatic carbocycles. The van der Waals surface area contributed by atoms with Gasteiger partial charge < -0.3 is 5.32 Å². The number of nitrogens with zero attached hydrogens (tertiary/aromatic N) is 3. The molecule has 0 saturated heterocycles. The first-order valence-electron chi connectivity index (χ1n) is 5.48. The smallest absolute Gasteiger partial charge is 0.164 e. The Morgan fingerprint density at radius 3 is 3.19 bits per heavy atom. The van der Waals surface area contributed by atoms with Crippen LogP contribution in [-0.4, -0.2) is 21.3 Å². The number of thiophene rings is 1. The van der Waals surface area contributed by atoms with Crippen molar-refractivity contribution in [3.8, 4) is 0 Å². The number of aromatic nitrogens is 3. The Kier molecular flexibility index (Phi) is 4.07. The number of hydrogen-bond acceptors (Lipinski definition) is 4. The molecule has 2 aromatic rings. The maximum Gasteiger partial charge on any atom is 0.164 e. The van der Waals surface area contributed by atoms with Crippen LogP contribution in [0.25, 0.3) is 0 Å². The minimum Gasteiger partial charge on any atom is -0.310 e. The Bertz CT molecular complexity index is 407. The highest BCUT2D eigenvalue weighted by molar-refractivity contribution is 7.07. The molecule has 0 atom stereocenters. The van der Waals surface area contributed by atoms with Crippen molar-refractivity contribution >= 4 is 11.3 Å². The fraction of sp³-hybridized carbons (Fsp3) is 0.455. The van der Waals surface area contributed by atoms with Crippen molar-refractivity contribution in [2.75, 3.05) is 6.54 Å². The maximum atomic E-state index is 4.39. The average molecular weight is 236 g/mol. The Morgan fingerprint density at radius 1 is 1.50 bits per heavy atom. The van der Waals surface area contributed by atoms with Crippen molar-refractivity contribution < 1.29 is 0 Å². The predicted octanol–water partition coefficient (Wildman–Crippen LogP) is 1.69. The van der Waals surface area contributed by atoms with Gasteiger partial charge in [-0.25, -0.2) is 4.98 Å². The van der Waals surface area contributed by atoms with Crippen LogP contribution in [0.15, 0.2) is 23.2 Å². The van der Waals surface area contributed by atoms with Gasteiger partial charge in [-0.2, -0.15) is 16.4 Å². The monoisotopic (exact) mass is 236 g/mol. The lowest BCUT2D eigenvalue weighted by Gasteiger charge is -1.98. The van der Waals surface area contributed by atoms with E-state index in [9.17, 15) is 0 Å². The molecule has 2 rings (SSSR count). The molecular formula is C11H16N4S. The molecule has 0 aliphatic heterocycles. The third kappa shape index (κ3) is 3.15. The minimum atomic E-state index is 0.752. The van der Waals surface area contributed by atoms with E-state index in [1.54, 1.807) is 17.7 Å². The van der Waals surface area contributed by atoms with Crippen LogP contribution in [-0.2, 0) is 19.5 Å². The van der Waals surface area contributed by atoms with E-state index in [0.29, 0.717) is 0 Å². The van der Waals surface area contributed by atoms with Gasteiger partial charge in [0.25, 0.3) is 0 Å². The molecule has 0 saturated carbocycles. The van der Waals surface area contributed by atoms with Gasteiger partial charge in [-0.05, 0) is 35.4 Å². The zero-order valence-corrected chi connectivity index (χ0v) is 10.2. The molecule has 1 N–H and O–H groups in total. The molecule has 2 heterocycles. The van der Waals surface area contributed by atoms with E-state index in [1.165, 1.54) is 5.56 Å². The number of nitrogens with one attached hydrogen (secondary N) is 1. The predicted molar refractivity (Wildman–Crippen MR) is 65.4 cm³/mol. The summed E-state index contributed by atoms with van der Waals surface area (Å²) in [4.78, 5) is 4.25. The summed E-state index contributed by atoms with van der Waals surface area (Å²) in [5.74, 6) is 0.868. The number of hydrogen-bond donors (Lipinski definition) is 1. The van der Waals surface area contributed by atoms with E-state index in [-0.39, 0.29) is 0 Å². The zero-order chi connectivity index (χ0) is 11.2. The van der Waals surface area contributed by atoms with Crippen molar-refractivity contribution in [3.63, 3.8) is 0 Å². The largest absolute Gasteiger partial charge is 0.310 e. The third-order valence-corrected chi connectivity index (χ3v) is 3.06. The zero-order valence-electron chi connectivity index (χ0n) is 9.39. The molecule has 86 valence electrons. The van der Waals surface area contributed by atoms with Crippen LogP contribution in [0, 0.1) is 0 Å². The molecule has 0 bridgehead atoms. The summed E-state index contributed by atoms with van der Waals surface area (Å²) in [6, 6.07) is 2.15. The summed E-state index contributed by atoms with van der Waals surface area (Å²) < 4.78 is 1.91. The first-order chi connectivity index (χ1) is 7.88. The van der Waals surface area contributed by atoms with Gasteiger partial charge >= 0.3 is 0 Å². The standard InChI is InChI=1S/C11H16N4S/c1-2-12-7-11-13-9-15(14-11)5-3-10-4-6-16-8-10/h4,6,8-9,12H,2-3,5,7H2,1H3. The lowest BCUT2D eigenvalue weighted by atomic mass is 10.2. The van der Waals surface area contributed by atoms with Crippen molar-refractivity contribution in [2.45, 2.75) is 26.4 Å². The third-order valence-electron chi connectivity index (χ3n) is 2.33. The second kappa shape index (κ2) is 5.77. The molecule has 4 nitrogen and oxygen atoms in total. The summed E-state index contributed by atoms with van der Waals surface area (Å²) in [6.45, 7) is 4.68. The Hall–Kier alpha value is -1.20. The van der Waals surface area contributed by atoms with Crippen LogP contribution >= 0.6 is 11.3 Å². The summed E-state index contributed by atoms with van der Waals surface area (Å²) in [6.07, 6.45) is 2.83. The van der Waals surface area contributed by atoms with E-state index in [1.807, 2.05) is 4.68 Å². The highest BCUT2D eigenvalue weighted by Gasteiger charge is 2.00. The molecular weight excluding hydrogens is 220 g/mol. The van der Waals surface area contributed by atoms with Crippen LogP contribution in [0.1, 0.15) is 18.3 Å². The van der Waals surface area contributed by atoms with Crippen LogP contribution in [0.2, 0.25) is 0 Å². The van der Waals surface area contributed by atoms with Gasteiger partial charge in [-0.3, -0.25) is 4.68 Å². The summed E-state index contributed by atoms with van der Waals surface area (Å²) in [5.41, 5.74) is 1.37. The summed E-state index contributed by atoms with van der Waals surface area (Å²) >= 11 is 1.74. The topological polar surface area (TPSA) is 42.7 Å². The molecule has 0 aliphatic rings. The van der Waals surface area contributed by atoms with Crippen LogP contribution in [0.3, 0.4) is 0 Å². The normalized spacial score (nSPS) is 10.8. The van der Waals surface area contributed by atoms with Crippen LogP contribution in [0.4, 0.5) is 0 Å². The highest BCUT2D eigenvalue weighted by Crippen LogP contribution is 2.07. The van der Waals surface area contributed by atoms with Gasteiger partial charge in [-0.1, -0.05) is 6.92 Å². The molecule has 0 aliphatic carbocycles. The molecule has 2 aromatic heterocycles.